The summed E-state index contributed by atoms with van der Waals surface area (Å²) in [5.74, 6) is -0.247. The van der Waals surface area contributed by atoms with Gasteiger partial charge in [-0.2, -0.15) is 0 Å². The van der Waals surface area contributed by atoms with Gasteiger partial charge in [-0.1, -0.05) is 35.9 Å². The summed E-state index contributed by atoms with van der Waals surface area (Å²) in [4.78, 5) is 24.7. The molecule has 2 aromatic carbocycles. The van der Waals surface area contributed by atoms with Crippen LogP contribution in [0.15, 0.2) is 48.5 Å². The van der Waals surface area contributed by atoms with Gasteiger partial charge in [-0.25, -0.2) is 0 Å². The van der Waals surface area contributed by atoms with Crippen LogP contribution in [0, 0.1) is 5.92 Å². The van der Waals surface area contributed by atoms with Gasteiger partial charge in [0.15, 0.2) is 0 Å². The molecule has 1 fully saturated rings. The topological polar surface area (TPSA) is 84.2 Å². The van der Waals surface area contributed by atoms with Crippen molar-refractivity contribution in [2.75, 3.05) is 18.4 Å². The molecule has 0 radical (unpaired) electrons. The first-order valence-electron chi connectivity index (χ1n) is 8.23. The Morgan fingerprint density at radius 2 is 1.92 bits per heavy atom. The molecule has 7 heteroatoms. The zero-order valence-electron chi connectivity index (χ0n) is 14.1. The summed E-state index contributed by atoms with van der Waals surface area (Å²) in [5.41, 5.74) is 7.43. The summed E-state index contributed by atoms with van der Waals surface area (Å²) in [6.45, 7) is 0.754. The first-order chi connectivity index (χ1) is 12.1. The molecular weight excluding hydrogens is 373 g/mol. The monoisotopic (exact) mass is 393 g/mol. The molecule has 2 unspecified atom stereocenters. The molecule has 0 spiro atoms. The van der Waals surface area contributed by atoms with Crippen LogP contribution in [0.5, 0.6) is 0 Å². The highest BCUT2D eigenvalue weighted by molar-refractivity contribution is 6.30. The SMILES string of the molecule is Cl.NCCNC(=O)c1ccccc1NC(=O)C1CC1c1cccc(Cl)c1. The molecule has 2 amide bonds. The molecule has 3 rings (SSSR count). The van der Waals surface area contributed by atoms with Crippen molar-refractivity contribution in [3.05, 3.63) is 64.7 Å². The Bertz CT molecular complexity index is 798. The van der Waals surface area contributed by atoms with Gasteiger partial charge in [0.05, 0.1) is 11.3 Å². The minimum Gasteiger partial charge on any atom is -0.351 e. The third-order valence-electron chi connectivity index (χ3n) is 4.26. The van der Waals surface area contributed by atoms with E-state index in [0.717, 1.165) is 12.0 Å². The Morgan fingerprint density at radius 3 is 2.65 bits per heavy atom. The number of amides is 2. The van der Waals surface area contributed by atoms with E-state index in [4.69, 9.17) is 17.3 Å². The van der Waals surface area contributed by atoms with Gasteiger partial charge in [-0.3, -0.25) is 9.59 Å². The first kappa shape index (κ1) is 20.2. The quantitative estimate of drug-likeness (QED) is 0.704. The maximum absolute atomic E-state index is 12.5. The average molecular weight is 394 g/mol. The van der Waals surface area contributed by atoms with Crippen molar-refractivity contribution < 1.29 is 9.59 Å². The predicted molar refractivity (Wildman–Crippen MR) is 106 cm³/mol. The lowest BCUT2D eigenvalue weighted by Crippen LogP contribution is -2.30. The Kier molecular flexibility index (Phi) is 7.03. The predicted octanol–water partition coefficient (Wildman–Crippen LogP) is 3.19. The standard InChI is InChI=1S/C19H20ClN3O2.ClH/c20-13-5-3-4-12(10-13)15-11-16(15)19(25)23-17-7-2-1-6-14(17)18(24)22-9-8-21;/h1-7,10,15-16H,8-9,11,21H2,(H,22,24)(H,23,25);1H. The van der Waals surface area contributed by atoms with Gasteiger partial charge in [-0.15, -0.1) is 12.4 Å². The van der Waals surface area contributed by atoms with Crippen LogP contribution < -0.4 is 16.4 Å². The highest BCUT2D eigenvalue weighted by Crippen LogP contribution is 2.48. The molecule has 4 N–H and O–H groups in total. The second kappa shape index (κ2) is 9.03. The minimum atomic E-state index is -0.247. The number of nitrogens with two attached hydrogens (primary N) is 1. The molecule has 26 heavy (non-hydrogen) atoms. The fourth-order valence-electron chi connectivity index (χ4n) is 2.89. The van der Waals surface area contributed by atoms with E-state index in [9.17, 15) is 9.59 Å². The molecule has 0 aromatic heterocycles. The van der Waals surface area contributed by atoms with Crippen LogP contribution in [0.2, 0.25) is 5.02 Å². The first-order valence-corrected chi connectivity index (χ1v) is 8.61. The summed E-state index contributed by atoms with van der Waals surface area (Å²) in [6, 6.07) is 14.6. The number of carbonyl (C=O) groups is 2. The maximum atomic E-state index is 12.5. The van der Waals surface area contributed by atoms with Crippen molar-refractivity contribution >= 4 is 41.5 Å². The third kappa shape index (κ3) is 4.75. The van der Waals surface area contributed by atoms with Crippen LogP contribution in [0.3, 0.4) is 0 Å². The van der Waals surface area contributed by atoms with Crippen molar-refractivity contribution in [1.82, 2.24) is 5.32 Å². The number of benzene rings is 2. The van der Waals surface area contributed by atoms with E-state index in [1.165, 1.54) is 0 Å². The second-order valence-corrected chi connectivity index (χ2v) is 6.52. The van der Waals surface area contributed by atoms with E-state index in [-0.39, 0.29) is 36.1 Å². The summed E-state index contributed by atoms with van der Waals surface area (Å²) in [5, 5.41) is 6.27. The van der Waals surface area contributed by atoms with E-state index in [1.807, 2.05) is 24.3 Å². The zero-order chi connectivity index (χ0) is 17.8. The lowest BCUT2D eigenvalue weighted by atomic mass is 10.1. The van der Waals surface area contributed by atoms with Gasteiger partial charge in [0.2, 0.25) is 5.91 Å². The summed E-state index contributed by atoms with van der Waals surface area (Å²) < 4.78 is 0. The number of para-hydroxylation sites is 1. The Morgan fingerprint density at radius 1 is 1.15 bits per heavy atom. The number of hydrogen-bond acceptors (Lipinski definition) is 3. The average Bonchev–Trinajstić information content (AvgIpc) is 3.41. The molecule has 138 valence electrons. The molecule has 0 bridgehead atoms. The largest absolute Gasteiger partial charge is 0.351 e. The van der Waals surface area contributed by atoms with Crippen LogP contribution >= 0.6 is 24.0 Å². The van der Waals surface area contributed by atoms with E-state index in [1.54, 1.807) is 24.3 Å². The fraction of sp³-hybridized carbons (Fsp3) is 0.263. The molecule has 0 saturated heterocycles. The number of halogens is 2. The Balaban J connectivity index is 0.00000243. The molecule has 2 atom stereocenters. The molecule has 2 aromatic rings. The third-order valence-corrected chi connectivity index (χ3v) is 4.50. The molecule has 1 aliphatic carbocycles. The van der Waals surface area contributed by atoms with E-state index < -0.39 is 0 Å². The number of rotatable bonds is 6. The van der Waals surface area contributed by atoms with Crippen LogP contribution in [0.4, 0.5) is 5.69 Å². The maximum Gasteiger partial charge on any atom is 0.253 e. The molecular formula is C19H21Cl2N3O2. The number of anilines is 1. The van der Waals surface area contributed by atoms with Crippen LogP contribution in [0.25, 0.3) is 0 Å². The van der Waals surface area contributed by atoms with Crippen molar-refractivity contribution in [3.63, 3.8) is 0 Å². The molecule has 1 aliphatic rings. The molecule has 0 heterocycles. The van der Waals surface area contributed by atoms with E-state index in [0.29, 0.717) is 29.4 Å². The number of nitrogens with one attached hydrogen (secondary N) is 2. The normalized spacial score (nSPS) is 17.8. The Labute approximate surface area is 163 Å². The van der Waals surface area contributed by atoms with Crippen LogP contribution in [-0.4, -0.2) is 24.9 Å². The summed E-state index contributed by atoms with van der Waals surface area (Å²) in [7, 11) is 0. The highest BCUT2D eigenvalue weighted by atomic mass is 35.5. The molecule has 5 nitrogen and oxygen atoms in total. The zero-order valence-corrected chi connectivity index (χ0v) is 15.6. The van der Waals surface area contributed by atoms with Gasteiger partial charge >= 0.3 is 0 Å². The van der Waals surface area contributed by atoms with Gasteiger partial charge in [0.25, 0.3) is 5.91 Å². The van der Waals surface area contributed by atoms with Crippen molar-refractivity contribution in [2.24, 2.45) is 11.7 Å². The highest BCUT2D eigenvalue weighted by Gasteiger charge is 2.44. The van der Waals surface area contributed by atoms with Crippen molar-refractivity contribution in [1.29, 1.82) is 0 Å². The Hall–Kier alpha value is -2.08. The van der Waals surface area contributed by atoms with E-state index >= 15 is 0 Å². The van der Waals surface area contributed by atoms with Gasteiger partial charge in [-0.05, 0) is 42.2 Å². The lowest BCUT2D eigenvalue weighted by Gasteiger charge is -2.11. The van der Waals surface area contributed by atoms with Crippen molar-refractivity contribution in [3.8, 4) is 0 Å². The summed E-state index contributed by atoms with van der Waals surface area (Å²) >= 11 is 6.02. The summed E-state index contributed by atoms with van der Waals surface area (Å²) in [6.07, 6.45) is 0.785. The fourth-order valence-corrected chi connectivity index (χ4v) is 3.09. The van der Waals surface area contributed by atoms with Gasteiger partial charge in [0.1, 0.15) is 0 Å². The second-order valence-electron chi connectivity index (χ2n) is 6.08. The smallest absolute Gasteiger partial charge is 0.253 e. The van der Waals surface area contributed by atoms with Crippen LogP contribution in [-0.2, 0) is 4.79 Å². The number of hydrogen-bond donors (Lipinski definition) is 3. The molecule has 0 aliphatic heterocycles. The number of carbonyl (C=O) groups excluding carboxylic acids is 2. The van der Waals surface area contributed by atoms with Crippen molar-refractivity contribution in [2.45, 2.75) is 12.3 Å². The van der Waals surface area contributed by atoms with Gasteiger partial charge in [0, 0.05) is 24.0 Å². The van der Waals surface area contributed by atoms with Gasteiger partial charge < -0.3 is 16.4 Å². The molecule has 1 saturated carbocycles. The lowest BCUT2D eigenvalue weighted by molar-refractivity contribution is -0.117. The van der Waals surface area contributed by atoms with E-state index in [2.05, 4.69) is 10.6 Å². The van der Waals surface area contributed by atoms with Crippen LogP contribution in [0.1, 0.15) is 28.3 Å². The minimum absolute atomic E-state index is 0.